The van der Waals surface area contributed by atoms with Crippen molar-refractivity contribution in [1.29, 1.82) is 0 Å². The number of fused-ring (bicyclic) bond motifs is 1. The van der Waals surface area contributed by atoms with Gasteiger partial charge in [-0.3, -0.25) is 9.59 Å². The van der Waals surface area contributed by atoms with Gasteiger partial charge in [-0.15, -0.1) is 0 Å². The summed E-state index contributed by atoms with van der Waals surface area (Å²) in [4.78, 5) is 23.2. The molecule has 0 saturated heterocycles. The van der Waals surface area contributed by atoms with Gasteiger partial charge in [-0.05, 0) is 18.9 Å². The Balaban J connectivity index is 2.11. The molecule has 2 aromatic rings. The third-order valence-corrected chi connectivity index (χ3v) is 4.20. The van der Waals surface area contributed by atoms with Crippen molar-refractivity contribution < 1.29 is 14.3 Å². The van der Waals surface area contributed by atoms with Crippen molar-refractivity contribution in [2.24, 2.45) is 0 Å². The first-order valence-corrected chi connectivity index (χ1v) is 7.42. The Kier molecular flexibility index (Phi) is 3.78. The molecule has 1 aromatic heterocycles. The fourth-order valence-electron chi connectivity index (χ4n) is 3.14. The van der Waals surface area contributed by atoms with Gasteiger partial charge in [-0.25, -0.2) is 0 Å². The highest BCUT2D eigenvalue weighted by atomic mass is 16.4. The molecule has 0 aliphatic heterocycles. The van der Waals surface area contributed by atoms with Crippen LogP contribution >= 0.6 is 0 Å². The molecule has 1 aliphatic carbocycles. The highest BCUT2D eigenvalue weighted by Gasteiger charge is 2.20. The van der Waals surface area contributed by atoms with Crippen LogP contribution in [0.15, 0.2) is 33.5 Å². The predicted octanol–water partition coefficient (Wildman–Crippen LogP) is 3.47. The van der Waals surface area contributed by atoms with Crippen molar-refractivity contribution in [3.63, 3.8) is 0 Å². The first-order valence-electron chi connectivity index (χ1n) is 7.42. The molecule has 110 valence electrons. The van der Waals surface area contributed by atoms with Gasteiger partial charge in [-0.1, -0.05) is 31.4 Å². The Morgan fingerprint density at radius 2 is 2.00 bits per heavy atom. The highest BCUT2D eigenvalue weighted by molar-refractivity contribution is 5.83. The molecule has 1 fully saturated rings. The summed E-state index contributed by atoms with van der Waals surface area (Å²) in [6.45, 7) is 0. The van der Waals surface area contributed by atoms with Crippen molar-refractivity contribution in [3.05, 3.63) is 45.8 Å². The van der Waals surface area contributed by atoms with E-state index < -0.39 is 5.97 Å². The van der Waals surface area contributed by atoms with Crippen molar-refractivity contribution in [2.45, 2.75) is 44.4 Å². The van der Waals surface area contributed by atoms with Crippen molar-refractivity contribution in [2.75, 3.05) is 0 Å². The molecule has 0 radical (unpaired) electrons. The lowest BCUT2D eigenvalue weighted by Crippen LogP contribution is -2.10. The van der Waals surface area contributed by atoms with Gasteiger partial charge in [0.2, 0.25) is 0 Å². The van der Waals surface area contributed by atoms with Crippen molar-refractivity contribution in [1.82, 2.24) is 0 Å². The van der Waals surface area contributed by atoms with Gasteiger partial charge in [-0.2, -0.15) is 0 Å². The van der Waals surface area contributed by atoms with Gasteiger partial charge in [0.05, 0.1) is 11.8 Å². The molecule has 0 atom stereocenters. The molecule has 3 rings (SSSR count). The second-order valence-electron chi connectivity index (χ2n) is 5.71. The SMILES string of the molecule is O=C(O)Cc1cccc2c(=O)cc(C3CCCCC3)oc12. The van der Waals surface area contributed by atoms with E-state index in [0.29, 0.717) is 22.3 Å². The number of hydrogen-bond donors (Lipinski definition) is 1. The summed E-state index contributed by atoms with van der Waals surface area (Å²) in [7, 11) is 0. The van der Waals surface area contributed by atoms with Crippen LogP contribution in [0.4, 0.5) is 0 Å². The van der Waals surface area contributed by atoms with Gasteiger partial charge in [0, 0.05) is 17.5 Å². The summed E-state index contributed by atoms with van der Waals surface area (Å²) in [5.74, 6) is 0.0759. The fourth-order valence-corrected chi connectivity index (χ4v) is 3.14. The smallest absolute Gasteiger partial charge is 0.307 e. The van der Waals surface area contributed by atoms with Crippen LogP contribution in [0.1, 0.15) is 49.3 Å². The molecule has 0 amide bonds. The van der Waals surface area contributed by atoms with Crippen LogP contribution in [0, 0.1) is 0 Å². The lowest BCUT2D eigenvalue weighted by Gasteiger charge is -2.20. The molecule has 0 spiro atoms. The first-order chi connectivity index (χ1) is 10.1. The third kappa shape index (κ3) is 2.84. The van der Waals surface area contributed by atoms with Crippen molar-refractivity contribution in [3.8, 4) is 0 Å². The molecule has 21 heavy (non-hydrogen) atoms. The summed E-state index contributed by atoms with van der Waals surface area (Å²) >= 11 is 0. The number of carbonyl (C=O) groups is 1. The number of carboxylic acids is 1. The zero-order valence-electron chi connectivity index (χ0n) is 11.8. The second-order valence-corrected chi connectivity index (χ2v) is 5.71. The molecule has 0 bridgehead atoms. The third-order valence-electron chi connectivity index (χ3n) is 4.20. The predicted molar refractivity (Wildman–Crippen MR) is 79.6 cm³/mol. The topological polar surface area (TPSA) is 67.5 Å². The zero-order chi connectivity index (χ0) is 14.8. The molecular formula is C17H18O4. The van der Waals surface area contributed by atoms with Crippen LogP contribution in [0.25, 0.3) is 11.0 Å². The van der Waals surface area contributed by atoms with E-state index in [9.17, 15) is 9.59 Å². The van der Waals surface area contributed by atoms with Gasteiger partial charge in [0.1, 0.15) is 11.3 Å². The molecule has 1 aromatic carbocycles. The lowest BCUT2D eigenvalue weighted by atomic mass is 9.87. The Hall–Kier alpha value is -2.10. The Morgan fingerprint density at radius 3 is 2.71 bits per heavy atom. The zero-order valence-corrected chi connectivity index (χ0v) is 11.8. The minimum Gasteiger partial charge on any atom is -0.481 e. The van der Waals surface area contributed by atoms with Gasteiger partial charge < -0.3 is 9.52 Å². The highest BCUT2D eigenvalue weighted by Crippen LogP contribution is 2.33. The van der Waals surface area contributed by atoms with Crippen molar-refractivity contribution >= 4 is 16.9 Å². The molecule has 4 heteroatoms. The molecule has 1 N–H and O–H groups in total. The van der Waals surface area contributed by atoms with E-state index in [1.54, 1.807) is 24.3 Å². The Labute approximate surface area is 122 Å². The summed E-state index contributed by atoms with van der Waals surface area (Å²) < 4.78 is 5.95. The van der Waals surface area contributed by atoms with Gasteiger partial charge in [0.15, 0.2) is 5.43 Å². The molecular weight excluding hydrogens is 268 g/mol. The Bertz CT molecular complexity index is 723. The second kappa shape index (κ2) is 5.72. The summed E-state index contributed by atoms with van der Waals surface area (Å²) in [5.41, 5.74) is 0.923. The molecule has 1 aliphatic rings. The van der Waals surface area contributed by atoms with Crippen LogP contribution in [0.3, 0.4) is 0 Å². The van der Waals surface area contributed by atoms with Gasteiger partial charge >= 0.3 is 5.97 Å². The summed E-state index contributed by atoms with van der Waals surface area (Å²) in [6.07, 6.45) is 5.49. The van der Waals surface area contributed by atoms with E-state index in [1.807, 2.05) is 0 Å². The number of rotatable bonds is 3. The number of aliphatic carboxylic acids is 1. The average Bonchev–Trinajstić information content (AvgIpc) is 2.48. The van der Waals surface area contributed by atoms with Crippen LogP contribution in [0.5, 0.6) is 0 Å². The number of hydrogen-bond acceptors (Lipinski definition) is 3. The van der Waals surface area contributed by atoms with E-state index in [1.165, 1.54) is 6.42 Å². The first kappa shape index (κ1) is 13.9. The van der Waals surface area contributed by atoms with Crippen LogP contribution in [-0.4, -0.2) is 11.1 Å². The quantitative estimate of drug-likeness (QED) is 0.938. The van der Waals surface area contributed by atoms with E-state index in [2.05, 4.69) is 0 Å². The average molecular weight is 286 g/mol. The fraction of sp³-hybridized carbons (Fsp3) is 0.412. The maximum Gasteiger partial charge on any atom is 0.307 e. The number of benzene rings is 1. The summed E-state index contributed by atoms with van der Waals surface area (Å²) in [6, 6.07) is 6.70. The lowest BCUT2D eigenvalue weighted by molar-refractivity contribution is -0.136. The van der Waals surface area contributed by atoms with Crippen LogP contribution < -0.4 is 5.43 Å². The number of carboxylic acid groups (broad SMARTS) is 1. The molecule has 1 heterocycles. The molecule has 4 nitrogen and oxygen atoms in total. The Morgan fingerprint density at radius 1 is 1.24 bits per heavy atom. The van der Waals surface area contributed by atoms with Crippen LogP contribution in [-0.2, 0) is 11.2 Å². The van der Waals surface area contributed by atoms with E-state index in [-0.39, 0.29) is 17.8 Å². The maximum absolute atomic E-state index is 12.3. The number of para-hydroxylation sites is 1. The monoisotopic (exact) mass is 286 g/mol. The largest absolute Gasteiger partial charge is 0.481 e. The standard InChI is InChI=1S/C17H18O4/c18-14-10-15(11-5-2-1-3-6-11)21-17-12(9-16(19)20)7-4-8-13(14)17/h4,7-8,10-11H,1-3,5-6,9H2,(H,19,20). The minimum atomic E-state index is -0.923. The minimum absolute atomic E-state index is 0.0796. The van der Waals surface area contributed by atoms with E-state index >= 15 is 0 Å². The maximum atomic E-state index is 12.3. The van der Waals surface area contributed by atoms with E-state index in [4.69, 9.17) is 9.52 Å². The molecule has 0 unspecified atom stereocenters. The summed E-state index contributed by atoms with van der Waals surface area (Å²) in [5, 5.41) is 9.46. The molecule has 1 saturated carbocycles. The normalized spacial score (nSPS) is 16.2. The van der Waals surface area contributed by atoms with Gasteiger partial charge in [0.25, 0.3) is 0 Å². The van der Waals surface area contributed by atoms with E-state index in [0.717, 1.165) is 25.7 Å². The van der Waals surface area contributed by atoms with Crippen LogP contribution in [0.2, 0.25) is 0 Å².